The lowest BCUT2D eigenvalue weighted by Gasteiger charge is -2.21. The van der Waals surface area contributed by atoms with Gasteiger partial charge in [-0.3, -0.25) is 23.2 Å². The zero-order chi connectivity index (χ0) is 51.7. The first-order chi connectivity index (χ1) is 34.1. The van der Waals surface area contributed by atoms with Crippen LogP contribution < -0.4 is 11.4 Å². The third-order valence-corrected chi connectivity index (χ3v) is 13.8. The molecule has 0 saturated carbocycles. The van der Waals surface area contributed by atoms with Gasteiger partial charge in [-0.05, 0) is 96.0 Å². The number of nitrogens with zero attached hydrogens (tertiary/aromatic N) is 2. The van der Waals surface area contributed by atoms with Gasteiger partial charge in [0.25, 0.3) is 0 Å². The lowest BCUT2D eigenvalue weighted by molar-refractivity contribution is -0.161. The van der Waals surface area contributed by atoms with Crippen molar-refractivity contribution >= 4 is 33.4 Å². The van der Waals surface area contributed by atoms with Crippen molar-refractivity contribution in [1.29, 1.82) is 0 Å². The van der Waals surface area contributed by atoms with Crippen molar-refractivity contribution < 1.29 is 71.0 Å². The Bertz CT molecular complexity index is 2040. The van der Waals surface area contributed by atoms with Gasteiger partial charge in [-0.2, -0.15) is 9.29 Å². The number of phosphoric ester groups is 2. The lowest BCUT2D eigenvalue weighted by atomic mass is 10.1. The molecular formula is C50H79N3O16P2. The molecule has 3 rings (SSSR count). The summed E-state index contributed by atoms with van der Waals surface area (Å²) in [6.45, 7) is 1.97. The molecule has 0 bridgehead atoms. The monoisotopic (exact) mass is 1040 g/mol. The van der Waals surface area contributed by atoms with Crippen LogP contribution in [0.1, 0.15) is 148 Å². The molecule has 0 aromatic carbocycles. The highest BCUT2D eigenvalue weighted by molar-refractivity contribution is 7.61. The predicted octanol–water partition coefficient (Wildman–Crippen LogP) is 9.10. The van der Waals surface area contributed by atoms with Crippen molar-refractivity contribution in [2.75, 3.05) is 25.6 Å². The average molecular weight is 1040 g/mol. The molecule has 0 aliphatic carbocycles. The number of carbonyl (C=O) groups is 2. The van der Waals surface area contributed by atoms with Crippen LogP contribution in [0.3, 0.4) is 0 Å². The molecule has 9 atom stereocenters. The van der Waals surface area contributed by atoms with Crippen LogP contribution in [-0.2, 0) is 51.0 Å². The average Bonchev–Trinajstić information content (AvgIpc) is 4.01. The molecule has 0 amide bonds. The number of allylic oxidation sites excluding steroid dienone is 11. The summed E-state index contributed by atoms with van der Waals surface area (Å²) in [4.78, 5) is 62.0. The van der Waals surface area contributed by atoms with Gasteiger partial charge in [0, 0.05) is 19.0 Å². The second-order valence-corrected chi connectivity index (χ2v) is 20.4. The molecule has 2 saturated heterocycles. The highest BCUT2D eigenvalue weighted by Crippen LogP contribution is 2.60. The second-order valence-electron chi connectivity index (χ2n) is 17.3. The van der Waals surface area contributed by atoms with E-state index in [9.17, 15) is 43.5 Å². The van der Waals surface area contributed by atoms with Gasteiger partial charge in [0.05, 0.1) is 25.4 Å². The molecule has 1 aromatic rings. The minimum absolute atomic E-state index is 0.0187. The van der Waals surface area contributed by atoms with E-state index in [0.717, 1.165) is 62.1 Å². The van der Waals surface area contributed by atoms with Gasteiger partial charge in [0.15, 0.2) is 12.3 Å². The SMILES string of the molecule is CCCCC/C=C\C/C=C\C/C=C\CCCCC(=O)O[C@H](COC(=O)CCCC1OC1C/C=C\C/C=C\C/C=C\CCCCC)COP(=O)(O)OP(=O)(O)OC[C@H]1O[C@@H](n2ccc(N)nc2=O)[C@H](O)[C@@H]1O. The zero-order valence-corrected chi connectivity index (χ0v) is 43.2. The highest BCUT2D eigenvalue weighted by Gasteiger charge is 2.46. The first-order valence-electron chi connectivity index (χ1n) is 25.1. The minimum atomic E-state index is -5.45. The van der Waals surface area contributed by atoms with Crippen molar-refractivity contribution in [3.63, 3.8) is 0 Å². The maximum Gasteiger partial charge on any atom is 0.481 e. The van der Waals surface area contributed by atoms with Crippen molar-refractivity contribution in [3.8, 4) is 0 Å². The fourth-order valence-corrected chi connectivity index (χ4v) is 9.28. The number of anilines is 1. The van der Waals surface area contributed by atoms with E-state index in [-0.39, 0.29) is 30.9 Å². The number of phosphoric acid groups is 2. The largest absolute Gasteiger partial charge is 0.481 e. The van der Waals surface area contributed by atoms with E-state index in [1.165, 1.54) is 44.6 Å². The summed E-state index contributed by atoms with van der Waals surface area (Å²) in [5.74, 6) is -1.43. The molecule has 4 unspecified atom stereocenters. The molecule has 0 radical (unpaired) electrons. The Balaban J connectivity index is 1.44. The molecule has 3 heterocycles. The van der Waals surface area contributed by atoms with E-state index in [1.807, 2.05) is 12.2 Å². The Labute approximate surface area is 419 Å². The Morgan fingerprint density at radius 2 is 1.25 bits per heavy atom. The molecule has 71 heavy (non-hydrogen) atoms. The molecule has 2 aliphatic rings. The molecule has 21 heteroatoms. The van der Waals surface area contributed by atoms with Gasteiger partial charge in [0.1, 0.15) is 30.7 Å². The molecule has 2 fully saturated rings. The first kappa shape index (κ1) is 61.5. The molecule has 2 aliphatic heterocycles. The van der Waals surface area contributed by atoms with Gasteiger partial charge in [0.2, 0.25) is 0 Å². The smallest absolute Gasteiger partial charge is 0.462 e. The predicted molar refractivity (Wildman–Crippen MR) is 270 cm³/mol. The molecule has 19 nitrogen and oxygen atoms in total. The van der Waals surface area contributed by atoms with Crippen LogP contribution >= 0.6 is 15.6 Å². The summed E-state index contributed by atoms with van der Waals surface area (Å²) >= 11 is 0. The number of hydrogen-bond donors (Lipinski definition) is 5. The molecule has 1 aromatic heterocycles. The van der Waals surface area contributed by atoms with Crippen LogP contribution in [0.2, 0.25) is 0 Å². The normalized spacial score (nSPS) is 22.6. The van der Waals surface area contributed by atoms with Crippen molar-refractivity contribution in [2.24, 2.45) is 0 Å². The standard InChI is InChI=1S/C50H79N3O16P2/c1-3-5-7-9-11-13-15-17-18-19-21-23-25-27-29-33-46(55)66-40(37-63-45(54)34-30-32-42-41(67-42)31-28-26-24-22-20-16-14-12-10-8-6-4-2)38-64-70(59,60)69-71(61,62)65-39-43-47(56)48(57)49(68-43)53-36-35-44(51)52-50(53)58/h11-14,17-18,20-23,26,28,35-36,40-43,47-49,56-57H,3-10,15-16,19,24-25,27,29-34,37-39H2,1-2H3,(H,59,60)(H,61,62)(H2,51,52,58)/b13-11-,14-12-,18-17-,22-20-,23-21-,28-26-/t40-,41?,42?,43-,47-,48-,49-/m1/s1. The van der Waals surface area contributed by atoms with E-state index in [0.29, 0.717) is 25.7 Å². The van der Waals surface area contributed by atoms with Crippen molar-refractivity contribution in [2.45, 2.75) is 185 Å². The number of nitrogens with two attached hydrogens (primary N) is 1. The summed E-state index contributed by atoms with van der Waals surface area (Å²) in [6.07, 6.45) is 35.8. The Hall–Kier alpha value is -3.84. The van der Waals surface area contributed by atoms with Crippen LogP contribution in [0.4, 0.5) is 5.82 Å². The van der Waals surface area contributed by atoms with E-state index in [1.54, 1.807) is 0 Å². The van der Waals surface area contributed by atoms with Gasteiger partial charge in [-0.25, -0.2) is 13.9 Å². The van der Waals surface area contributed by atoms with Crippen molar-refractivity contribution in [1.82, 2.24) is 9.55 Å². The number of nitrogen functional groups attached to an aromatic ring is 1. The third kappa shape index (κ3) is 27.7. The lowest BCUT2D eigenvalue weighted by Crippen LogP contribution is -2.36. The van der Waals surface area contributed by atoms with Gasteiger partial charge < -0.3 is 44.7 Å². The maximum absolute atomic E-state index is 12.9. The molecule has 0 spiro atoms. The highest BCUT2D eigenvalue weighted by atomic mass is 31.3. The van der Waals surface area contributed by atoms with E-state index in [4.69, 9.17) is 33.7 Å². The number of aromatic nitrogens is 2. The van der Waals surface area contributed by atoms with Gasteiger partial charge in [-0.15, -0.1) is 0 Å². The number of unbranched alkanes of at least 4 members (excludes halogenated alkanes) is 8. The summed E-state index contributed by atoms with van der Waals surface area (Å²) in [5, 5.41) is 20.9. The topological polar surface area (TPSA) is 278 Å². The van der Waals surface area contributed by atoms with Crippen molar-refractivity contribution in [3.05, 3.63) is 95.7 Å². The summed E-state index contributed by atoms with van der Waals surface area (Å²) in [5.41, 5.74) is 4.58. The van der Waals surface area contributed by atoms with E-state index >= 15 is 0 Å². The molecule has 400 valence electrons. The van der Waals surface area contributed by atoms with Gasteiger partial charge in [-0.1, -0.05) is 112 Å². The Morgan fingerprint density at radius 3 is 1.85 bits per heavy atom. The van der Waals surface area contributed by atoms with Crippen LogP contribution in [0.5, 0.6) is 0 Å². The first-order valence-corrected chi connectivity index (χ1v) is 28.1. The van der Waals surface area contributed by atoms with E-state index < -0.39 is 83.7 Å². The number of hydrogen-bond acceptors (Lipinski definition) is 16. The van der Waals surface area contributed by atoms with Gasteiger partial charge >= 0.3 is 33.3 Å². The number of carbonyl (C=O) groups excluding carboxylic acids is 2. The fraction of sp³-hybridized carbons (Fsp3) is 0.640. The summed E-state index contributed by atoms with van der Waals surface area (Å²) in [6, 6.07) is 1.24. The van der Waals surface area contributed by atoms with Crippen LogP contribution in [-0.4, -0.2) is 97.9 Å². The van der Waals surface area contributed by atoms with Crippen LogP contribution in [0, 0.1) is 0 Å². The molecular weight excluding hydrogens is 961 g/mol. The number of aliphatic hydroxyl groups is 2. The number of ether oxygens (including phenoxy) is 4. The Morgan fingerprint density at radius 1 is 0.704 bits per heavy atom. The quantitative estimate of drug-likeness (QED) is 0.0135. The van der Waals surface area contributed by atoms with Crippen LogP contribution in [0.25, 0.3) is 0 Å². The minimum Gasteiger partial charge on any atom is -0.462 e. The Kier molecular flexibility index (Phi) is 30.6. The zero-order valence-electron chi connectivity index (χ0n) is 41.4. The summed E-state index contributed by atoms with van der Waals surface area (Å²) < 4.78 is 62.5. The third-order valence-electron chi connectivity index (χ3n) is 11.2. The van der Waals surface area contributed by atoms with Crippen LogP contribution in [0.15, 0.2) is 90.0 Å². The number of rotatable bonds is 39. The number of aliphatic hydroxyl groups excluding tert-OH is 2. The molecule has 6 N–H and O–H groups in total. The second kappa shape index (κ2) is 35.3. The van der Waals surface area contributed by atoms with E-state index in [2.05, 4.69) is 83.9 Å². The maximum atomic E-state index is 12.9. The number of esters is 2. The fourth-order valence-electron chi connectivity index (χ4n) is 7.17. The number of epoxide rings is 1. The summed E-state index contributed by atoms with van der Waals surface area (Å²) in [7, 11) is -10.9.